The van der Waals surface area contributed by atoms with Gasteiger partial charge in [-0.1, -0.05) is 42.1 Å². The molecule has 0 fully saturated rings. The van der Waals surface area contributed by atoms with E-state index < -0.39 is 0 Å². The van der Waals surface area contributed by atoms with E-state index in [1.54, 1.807) is 19.2 Å². The monoisotopic (exact) mass is 395 g/mol. The van der Waals surface area contributed by atoms with E-state index in [9.17, 15) is 9.18 Å². The molecule has 2 aromatic carbocycles. The van der Waals surface area contributed by atoms with Crippen molar-refractivity contribution >= 4 is 17.7 Å². The van der Waals surface area contributed by atoms with Crippen LogP contribution < -0.4 is 0 Å². The third-order valence-corrected chi connectivity index (χ3v) is 4.97. The number of carbonyl (C=O) groups excluding carboxylic acids is 1. The zero-order valence-corrected chi connectivity index (χ0v) is 16.1. The summed E-state index contributed by atoms with van der Waals surface area (Å²) in [5.41, 5.74) is 1.57. The van der Waals surface area contributed by atoms with Crippen LogP contribution in [-0.2, 0) is 4.79 Å². The van der Waals surface area contributed by atoms with Crippen molar-refractivity contribution in [2.75, 3.05) is 19.3 Å². The average molecular weight is 395 g/mol. The van der Waals surface area contributed by atoms with Crippen molar-refractivity contribution in [2.24, 2.45) is 0 Å². The van der Waals surface area contributed by atoms with Crippen molar-refractivity contribution in [1.29, 1.82) is 5.26 Å². The molecule has 0 bridgehead atoms. The minimum absolute atomic E-state index is 0.102. The van der Waals surface area contributed by atoms with Crippen molar-refractivity contribution in [3.05, 3.63) is 60.4 Å². The minimum Gasteiger partial charge on any atom is -0.344 e. The van der Waals surface area contributed by atoms with Gasteiger partial charge in [0.2, 0.25) is 5.91 Å². The van der Waals surface area contributed by atoms with Crippen molar-refractivity contribution in [3.63, 3.8) is 0 Å². The first-order valence-corrected chi connectivity index (χ1v) is 9.59. The molecule has 3 rings (SSSR count). The van der Waals surface area contributed by atoms with Crippen molar-refractivity contribution in [3.8, 4) is 23.1 Å². The van der Waals surface area contributed by atoms with Gasteiger partial charge in [0.25, 0.3) is 0 Å². The van der Waals surface area contributed by atoms with E-state index >= 15 is 0 Å². The van der Waals surface area contributed by atoms with E-state index in [4.69, 9.17) is 5.26 Å². The van der Waals surface area contributed by atoms with Crippen LogP contribution in [0, 0.1) is 17.1 Å². The van der Waals surface area contributed by atoms with Crippen LogP contribution in [0.1, 0.15) is 6.42 Å². The fourth-order valence-electron chi connectivity index (χ4n) is 2.54. The SMILES string of the molecule is CN(CCC#N)C(=O)CSc1nnc(-c2ccccc2)n1-c1ccc(F)cc1. The molecule has 1 heterocycles. The van der Waals surface area contributed by atoms with E-state index in [0.29, 0.717) is 23.2 Å². The first kappa shape index (κ1) is 19.6. The third-order valence-electron chi connectivity index (χ3n) is 4.06. The molecule has 0 saturated heterocycles. The molecule has 8 heteroatoms. The number of rotatable bonds is 7. The second-order valence-corrected chi connectivity index (χ2v) is 6.94. The molecule has 0 aliphatic carbocycles. The van der Waals surface area contributed by atoms with Crippen LogP contribution in [0.2, 0.25) is 0 Å². The van der Waals surface area contributed by atoms with Gasteiger partial charge in [-0.15, -0.1) is 10.2 Å². The summed E-state index contributed by atoms with van der Waals surface area (Å²) in [4.78, 5) is 13.8. The average Bonchev–Trinajstić information content (AvgIpc) is 3.15. The molecule has 6 nitrogen and oxygen atoms in total. The fraction of sp³-hybridized carbons (Fsp3) is 0.200. The molecular formula is C20H18FN5OS. The van der Waals surface area contributed by atoms with Gasteiger partial charge in [-0.3, -0.25) is 9.36 Å². The standard InChI is InChI=1S/C20H18FN5OS/c1-25(13-5-12-22)18(27)14-28-20-24-23-19(15-6-3-2-4-7-15)26(20)17-10-8-16(21)9-11-17/h2-4,6-11H,5,13-14H2,1H3. The quantitative estimate of drug-likeness (QED) is 0.572. The molecule has 1 amide bonds. The van der Waals surface area contributed by atoms with Crippen LogP contribution in [0.15, 0.2) is 59.8 Å². The highest BCUT2D eigenvalue weighted by molar-refractivity contribution is 7.99. The molecule has 3 aromatic rings. The van der Waals surface area contributed by atoms with Gasteiger partial charge in [-0.2, -0.15) is 5.26 Å². The van der Waals surface area contributed by atoms with Gasteiger partial charge < -0.3 is 4.90 Å². The molecule has 0 unspecified atom stereocenters. The Balaban J connectivity index is 1.89. The van der Waals surface area contributed by atoms with Crippen LogP contribution in [0.5, 0.6) is 0 Å². The molecule has 0 radical (unpaired) electrons. The van der Waals surface area contributed by atoms with Crippen molar-refractivity contribution < 1.29 is 9.18 Å². The van der Waals surface area contributed by atoms with E-state index in [2.05, 4.69) is 10.2 Å². The predicted molar refractivity (Wildman–Crippen MR) is 105 cm³/mol. The van der Waals surface area contributed by atoms with Gasteiger partial charge in [-0.25, -0.2) is 4.39 Å². The van der Waals surface area contributed by atoms with Crippen molar-refractivity contribution in [2.45, 2.75) is 11.6 Å². The van der Waals surface area contributed by atoms with Gasteiger partial charge in [0.05, 0.1) is 18.2 Å². The minimum atomic E-state index is -0.332. The Morgan fingerprint density at radius 1 is 1.18 bits per heavy atom. The zero-order chi connectivity index (χ0) is 19.9. The molecule has 0 spiro atoms. The largest absolute Gasteiger partial charge is 0.344 e. The lowest BCUT2D eigenvalue weighted by atomic mass is 10.2. The number of nitriles is 1. The fourth-order valence-corrected chi connectivity index (χ4v) is 3.43. The number of benzene rings is 2. The summed E-state index contributed by atoms with van der Waals surface area (Å²) in [6.07, 6.45) is 0.289. The van der Waals surface area contributed by atoms with Crippen LogP contribution >= 0.6 is 11.8 Å². The summed E-state index contributed by atoms with van der Waals surface area (Å²) in [5.74, 6) is 0.340. The summed E-state index contributed by atoms with van der Waals surface area (Å²) in [5, 5.41) is 17.7. The van der Waals surface area contributed by atoms with Gasteiger partial charge in [-0.05, 0) is 24.3 Å². The lowest BCUT2D eigenvalue weighted by Crippen LogP contribution is -2.29. The van der Waals surface area contributed by atoms with E-state index in [-0.39, 0.29) is 23.9 Å². The lowest BCUT2D eigenvalue weighted by molar-refractivity contribution is -0.127. The summed E-state index contributed by atoms with van der Waals surface area (Å²) in [6.45, 7) is 0.385. The number of aromatic nitrogens is 3. The number of nitrogens with zero attached hydrogens (tertiary/aromatic N) is 5. The Kier molecular flexibility index (Phi) is 6.40. The molecule has 0 N–H and O–H groups in total. The second kappa shape index (κ2) is 9.15. The molecule has 28 heavy (non-hydrogen) atoms. The number of halogens is 1. The molecule has 0 aliphatic heterocycles. The van der Waals surface area contributed by atoms with E-state index in [1.165, 1.54) is 28.8 Å². The Morgan fingerprint density at radius 3 is 2.57 bits per heavy atom. The maximum Gasteiger partial charge on any atom is 0.232 e. The topological polar surface area (TPSA) is 74.8 Å². The summed E-state index contributed by atoms with van der Waals surface area (Å²) >= 11 is 1.25. The van der Waals surface area contributed by atoms with Crippen LogP contribution in [0.3, 0.4) is 0 Å². The Morgan fingerprint density at radius 2 is 1.89 bits per heavy atom. The maximum absolute atomic E-state index is 13.4. The van der Waals surface area contributed by atoms with Crippen molar-refractivity contribution in [1.82, 2.24) is 19.7 Å². The van der Waals surface area contributed by atoms with Crippen LogP contribution in [-0.4, -0.2) is 44.9 Å². The summed E-state index contributed by atoms with van der Waals surface area (Å²) in [7, 11) is 1.67. The Labute approximate surface area is 166 Å². The predicted octanol–water partition coefficient (Wildman–Crippen LogP) is 3.54. The zero-order valence-electron chi connectivity index (χ0n) is 15.2. The summed E-state index contributed by atoms with van der Waals surface area (Å²) in [6, 6.07) is 17.6. The normalized spacial score (nSPS) is 10.5. The Bertz CT molecular complexity index is 982. The number of thioether (sulfide) groups is 1. The molecule has 0 aliphatic rings. The maximum atomic E-state index is 13.4. The first-order valence-electron chi connectivity index (χ1n) is 8.60. The number of amides is 1. The number of carbonyl (C=O) groups is 1. The number of hydrogen-bond acceptors (Lipinski definition) is 5. The first-order chi connectivity index (χ1) is 13.6. The van der Waals surface area contributed by atoms with Crippen LogP contribution in [0.25, 0.3) is 17.1 Å². The van der Waals surface area contributed by atoms with Gasteiger partial charge in [0, 0.05) is 24.8 Å². The molecule has 0 saturated carbocycles. The second-order valence-electron chi connectivity index (χ2n) is 6.00. The summed E-state index contributed by atoms with van der Waals surface area (Å²) < 4.78 is 15.2. The van der Waals surface area contributed by atoms with Crippen LogP contribution in [0.4, 0.5) is 4.39 Å². The molecule has 142 valence electrons. The Hall–Kier alpha value is -3.18. The highest BCUT2D eigenvalue weighted by atomic mass is 32.2. The lowest BCUT2D eigenvalue weighted by Gasteiger charge is -2.15. The molecular weight excluding hydrogens is 377 g/mol. The van der Waals surface area contributed by atoms with Gasteiger partial charge in [0.15, 0.2) is 11.0 Å². The molecule has 1 aromatic heterocycles. The highest BCUT2D eigenvalue weighted by Crippen LogP contribution is 2.28. The smallest absolute Gasteiger partial charge is 0.232 e. The van der Waals surface area contributed by atoms with E-state index in [1.807, 2.05) is 41.0 Å². The van der Waals surface area contributed by atoms with Gasteiger partial charge >= 0.3 is 0 Å². The molecule has 0 atom stereocenters. The third kappa shape index (κ3) is 4.56. The van der Waals surface area contributed by atoms with Gasteiger partial charge in [0.1, 0.15) is 5.82 Å². The number of hydrogen-bond donors (Lipinski definition) is 0. The van der Waals surface area contributed by atoms with E-state index in [0.717, 1.165) is 5.56 Å². The highest BCUT2D eigenvalue weighted by Gasteiger charge is 2.18.